The van der Waals surface area contributed by atoms with E-state index in [-0.39, 0.29) is 11.6 Å². The van der Waals surface area contributed by atoms with Crippen LogP contribution in [0.4, 0.5) is 0 Å². The maximum atomic E-state index is 5.90. The predicted molar refractivity (Wildman–Crippen MR) is 138 cm³/mol. The molecule has 6 rings (SSSR count). The molecule has 7 heteroatoms. The Morgan fingerprint density at radius 3 is 2.86 bits per heavy atom. The van der Waals surface area contributed by atoms with E-state index in [0.717, 1.165) is 71.3 Å². The molecule has 2 aromatic heterocycles. The van der Waals surface area contributed by atoms with E-state index in [2.05, 4.69) is 59.1 Å². The first-order valence-electron chi connectivity index (χ1n) is 12.9. The molecule has 1 atom stereocenters. The zero-order valence-electron chi connectivity index (χ0n) is 21.2. The fraction of sp³-hybridized carbons (Fsp3) is 0.536. The molecule has 5 heterocycles. The summed E-state index contributed by atoms with van der Waals surface area (Å²) >= 11 is 0. The van der Waals surface area contributed by atoms with Crippen molar-refractivity contribution >= 4 is 11.0 Å². The van der Waals surface area contributed by atoms with E-state index in [4.69, 9.17) is 14.5 Å². The quantitative estimate of drug-likeness (QED) is 0.601. The van der Waals surface area contributed by atoms with Gasteiger partial charge in [0.2, 0.25) is 0 Å². The molecule has 35 heavy (non-hydrogen) atoms. The summed E-state index contributed by atoms with van der Waals surface area (Å²) in [5.74, 6) is 0. The highest BCUT2D eigenvalue weighted by Crippen LogP contribution is 2.35. The van der Waals surface area contributed by atoms with Crippen molar-refractivity contribution < 1.29 is 9.47 Å². The van der Waals surface area contributed by atoms with Crippen LogP contribution in [-0.4, -0.2) is 78.0 Å². The number of hydrogen-bond donors (Lipinski definition) is 2. The fourth-order valence-corrected chi connectivity index (χ4v) is 5.80. The summed E-state index contributed by atoms with van der Waals surface area (Å²) in [5, 5.41) is 4.91. The molecule has 0 amide bonds. The minimum absolute atomic E-state index is 0.0754. The van der Waals surface area contributed by atoms with Crippen molar-refractivity contribution in [1.29, 1.82) is 0 Å². The van der Waals surface area contributed by atoms with Crippen molar-refractivity contribution in [3.8, 4) is 11.1 Å². The van der Waals surface area contributed by atoms with E-state index >= 15 is 0 Å². The molecule has 2 saturated heterocycles. The first-order valence-corrected chi connectivity index (χ1v) is 12.9. The molecule has 186 valence electrons. The molecule has 0 saturated carbocycles. The summed E-state index contributed by atoms with van der Waals surface area (Å²) in [4.78, 5) is 13.2. The van der Waals surface area contributed by atoms with Crippen LogP contribution in [0.3, 0.4) is 0 Å². The standard InChI is InChI=1S/C28H37N5O2/c1-19-13-30-27-23(19)12-22(14-31-27)21-10-20-4-6-32(18-33-7-9-35-17-28(33,2)3)15-25(20)24(11-21)26-16-34-8-5-29-26/h10-14,26,29H,4-9,15-18H2,1-3H3,(H,30,31)/t26-/m0/s1. The number of H-pyrrole nitrogens is 1. The largest absolute Gasteiger partial charge is 0.378 e. The van der Waals surface area contributed by atoms with Crippen LogP contribution in [0.25, 0.3) is 22.2 Å². The van der Waals surface area contributed by atoms with Gasteiger partial charge in [0, 0.05) is 55.1 Å². The number of nitrogens with zero attached hydrogens (tertiary/aromatic N) is 3. The van der Waals surface area contributed by atoms with Crippen molar-refractivity contribution in [1.82, 2.24) is 25.1 Å². The minimum Gasteiger partial charge on any atom is -0.378 e. The number of morpholine rings is 2. The van der Waals surface area contributed by atoms with E-state index < -0.39 is 0 Å². The van der Waals surface area contributed by atoms with Gasteiger partial charge in [0.1, 0.15) is 5.65 Å². The van der Waals surface area contributed by atoms with Gasteiger partial charge in [-0.25, -0.2) is 4.98 Å². The van der Waals surface area contributed by atoms with Gasteiger partial charge in [-0.05, 0) is 67.1 Å². The maximum absolute atomic E-state index is 5.90. The van der Waals surface area contributed by atoms with Crippen molar-refractivity contribution in [3.63, 3.8) is 0 Å². The highest BCUT2D eigenvalue weighted by Gasteiger charge is 2.33. The van der Waals surface area contributed by atoms with Gasteiger partial charge < -0.3 is 19.8 Å². The molecule has 0 bridgehead atoms. The van der Waals surface area contributed by atoms with Gasteiger partial charge in [-0.3, -0.25) is 9.80 Å². The molecule has 2 N–H and O–H groups in total. The SMILES string of the molecule is Cc1c[nH]c2ncc(-c3cc4c(c([C@@H]5COCCN5)c3)CN(CN3CCOCC3(C)C)CC4)cc12. The summed E-state index contributed by atoms with van der Waals surface area (Å²) in [7, 11) is 0. The third-order valence-corrected chi connectivity index (χ3v) is 8.01. The van der Waals surface area contributed by atoms with Crippen LogP contribution in [0.5, 0.6) is 0 Å². The van der Waals surface area contributed by atoms with Gasteiger partial charge in [-0.15, -0.1) is 0 Å². The number of aromatic nitrogens is 2. The monoisotopic (exact) mass is 475 g/mol. The van der Waals surface area contributed by atoms with E-state index in [1.54, 1.807) is 0 Å². The van der Waals surface area contributed by atoms with E-state index in [0.29, 0.717) is 0 Å². The van der Waals surface area contributed by atoms with Crippen LogP contribution in [-0.2, 0) is 22.4 Å². The lowest BCUT2D eigenvalue weighted by Gasteiger charge is -2.45. The Bertz CT molecular complexity index is 1210. The van der Waals surface area contributed by atoms with Crippen molar-refractivity contribution in [3.05, 3.63) is 52.8 Å². The Balaban J connectivity index is 1.34. The Morgan fingerprint density at radius 2 is 2.03 bits per heavy atom. The molecule has 2 fully saturated rings. The minimum atomic E-state index is 0.0754. The average molecular weight is 476 g/mol. The van der Waals surface area contributed by atoms with Crippen LogP contribution in [0.15, 0.2) is 30.6 Å². The van der Waals surface area contributed by atoms with Crippen molar-refractivity contribution in [2.24, 2.45) is 0 Å². The second kappa shape index (κ2) is 9.30. The molecular formula is C28H37N5O2. The summed E-state index contributed by atoms with van der Waals surface area (Å²) < 4.78 is 11.7. The van der Waals surface area contributed by atoms with Crippen molar-refractivity contribution in [2.45, 2.75) is 45.3 Å². The van der Waals surface area contributed by atoms with Gasteiger partial charge >= 0.3 is 0 Å². The first kappa shape index (κ1) is 23.1. The van der Waals surface area contributed by atoms with Crippen LogP contribution in [0.2, 0.25) is 0 Å². The number of nitrogens with one attached hydrogen (secondary N) is 2. The molecule has 3 aliphatic rings. The Morgan fingerprint density at radius 1 is 1.11 bits per heavy atom. The number of hydrogen-bond acceptors (Lipinski definition) is 6. The zero-order valence-corrected chi connectivity index (χ0v) is 21.2. The number of fused-ring (bicyclic) bond motifs is 2. The number of rotatable bonds is 4. The summed E-state index contributed by atoms with van der Waals surface area (Å²) in [6.45, 7) is 14.8. The van der Waals surface area contributed by atoms with E-state index in [1.165, 1.54) is 38.8 Å². The number of aryl methyl sites for hydroxylation is 1. The topological polar surface area (TPSA) is 65.7 Å². The molecule has 0 aliphatic carbocycles. The first-order chi connectivity index (χ1) is 17.0. The molecular weight excluding hydrogens is 438 g/mol. The maximum Gasteiger partial charge on any atom is 0.137 e. The number of ether oxygens (including phenoxy) is 2. The van der Waals surface area contributed by atoms with E-state index in [9.17, 15) is 0 Å². The molecule has 3 aliphatic heterocycles. The molecule has 0 spiro atoms. The van der Waals surface area contributed by atoms with Gasteiger partial charge in [0.15, 0.2) is 0 Å². The molecule has 7 nitrogen and oxygen atoms in total. The number of benzene rings is 1. The molecule has 0 radical (unpaired) electrons. The lowest BCUT2D eigenvalue weighted by molar-refractivity contribution is -0.0750. The highest BCUT2D eigenvalue weighted by atomic mass is 16.5. The van der Waals surface area contributed by atoms with Crippen molar-refractivity contribution in [2.75, 3.05) is 52.7 Å². The zero-order chi connectivity index (χ0) is 24.0. The third kappa shape index (κ3) is 4.52. The smallest absolute Gasteiger partial charge is 0.137 e. The normalized spacial score (nSPS) is 23.5. The van der Waals surface area contributed by atoms with Crippen LogP contribution in [0.1, 0.15) is 42.1 Å². The van der Waals surface area contributed by atoms with Gasteiger partial charge in [0.05, 0.1) is 39.1 Å². The highest BCUT2D eigenvalue weighted by molar-refractivity contribution is 5.84. The summed E-state index contributed by atoms with van der Waals surface area (Å²) in [5.41, 5.74) is 9.02. The van der Waals surface area contributed by atoms with Crippen LogP contribution >= 0.6 is 0 Å². The molecule has 3 aromatic rings. The average Bonchev–Trinajstić information content (AvgIpc) is 3.25. The van der Waals surface area contributed by atoms with Crippen LogP contribution in [0, 0.1) is 6.92 Å². The van der Waals surface area contributed by atoms with Gasteiger partial charge in [0.25, 0.3) is 0 Å². The van der Waals surface area contributed by atoms with Gasteiger partial charge in [-0.2, -0.15) is 0 Å². The lowest BCUT2D eigenvalue weighted by Crippen LogP contribution is -2.56. The van der Waals surface area contributed by atoms with Gasteiger partial charge in [-0.1, -0.05) is 6.07 Å². The summed E-state index contributed by atoms with van der Waals surface area (Å²) in [6, 6.07) is 7.30. The Labute approximate surface area is 207 Å². The fourth-order valence-electron chi connectivity index (χ4n) is 5.80. The second-order valence-electron chi connectivity index (χ2n) is 10.9. The van der Waals surface area contributed by atoms with E-state index in [1.807, 2.05) is 12.4 Å². The predicted octanol–water partition coefficient (Wildman–Crippen LogP) is 3.63. The Hall–Kier alpha value is -2.29. The second-order valence-corrected chi connectivity index (χ2v) is 10.9. The number of pyridine rings is 1. The molecule has 0 unspecified atom stereocenters. The number of aromatic amines is 1. The third-order valence-electron chi connectivity index (χ3n) is 8.01. The molecule has 1 aromatic carbocycles. The van der Waals surface area contributed by atoms with Crippen LogP contribution < -0.4 is 5.32 Å². The lowest BCUT2D eigenvalue weighted by atomic mass is 9.87. The summed E-state index contributed by atoms with van der Waals surface area (Å²) in [6.07, 6.45) is 5.10. The Kier molecular flexibility index (Phi) is 6.15.